The predicted molar refractivity (Wildman–Crippen MR) is 111 cm³/mol. The number of carbonyl (C=O) groups excluding carboxylic acids is 1. The first kappa shape index (κ1) is 18.9. The van der Waals surface area contributed by atoms with Crippen LogP contribution in [0.2, 0.25) is 0 Å². The summed E-state index contributed by atoms with van der Waals surface area (Å²) < 4.78 is 0.200. The first-order chi connectivity index (χ1) is 11.1. The van der Waals surface area contributed by atoms with Crippen molar-refractivity contribution in [3.63, 3.8) is 0 Å². The number of carbonyl (C=O) groups is 1. The van der Waals surface area contributed by atoms with Gasteiger partial charge in [-0.1, -0.05) is 87.6 Å². The van der Waals surface area contributed by atoms with E-state index in [1.165, 1.54) is 5.56 Å². The molecule has 132 valence electrons. The van der Waals surface area contributed by atoms with Crippen molar-refractivity contribution in [1.29, 1.82) is 0 Å². The lowest BCUT2D eigenvalue weighted by molar-refractivity contribution is -0.155. The van der Waals surface area contributed by atoms with Gasteiger partial charge in [-0.25, -0.2) is 0 Å². The van der Waals surface area contributed by atoms with E-state index in [0.717, 1.165) is 18.5 Å². The van der Waals surface area contributed by atoms with Crippen LogP contribution in [0.4, 0.5) is 5.69 Å². The second-order valence-electron chi connectivity index (χ2n) is 8.03. The molecule has 1 aromatic carbocycles. The van der Waals surface area contributed by atoms with Crippen molar-refractivity contribution in [3.05, 3.63) is 29.8 Å². The van der Waals surface area contributed by atoms with Crippen LogP contribution in [0.25, 0.3) is 0 Å². The standard InChI is InChI=1S/C19H24Br3NO/c1-11(2)12-5-7-13(8-6-12)23-16(24)19-10-9-18(14(19)20,15(21)22)17(19,3)4/h5-8,11,14-15H,9-10H2,1-4H3,(H,23,24). The molecule has 24 heavy (non-hydrogen) atoms. The van der Waals surface area contributed by atoms with Gasteiger partial charge >= 0.3 is 0 Å². The van der Waals surface area contributed by atoms with E-state index in [9.17, 15) is 4.79 Å². The highest BCUT2D eigenvalue weighted by atomic mass is 79.9. The van der Waals surface area contributed by atoms with Crippen molar-refractivity contribution < 1.29 is 4.79 Å². The normalized spacial score (nSPS) is 33.6. The van der Waals surface area contributed by atoms with Gasteiger partial charge in [0.1, 0.15) is 0 Å². The van der Waals surface area contributed by atoms with Crippen molar-refractivity contribution in [2.45, 2.75) is 55.0 Å². The first-order valence-electron chi connectivity index (χ1n) is 8.45. The van der Waals surface area contributed by atoms with Crippen LogP contribution < -0.4 is 5.32 Å². The van der Waals surface area contributed by atoms with Crippen LogP contribution in [0, 0.1) is 16.2 Å². The van der Waals surface area contributed by atoms with E-state index >= 15 is 0 Å². The lowest BCUT2D eigenvalue weighted by Crippen LogP contribution is -2.71. The highest BCUT2D eigenvalue weighted by molar-refractivity contribution is 9.24. The molecule has 2 nitrogen and oxygen atoms in total. The molecule has 3 unspecified atom stereocenters. The maximum absolute atomic E-state index is 13.2. The van der Waals surface area contributed by atoms with E-state index < -0.39 is 0 Å². The molecule has 1 amide bonds. The summed E-state index contributed by atoms with van der Waals surface area (Å²) in [7, 11) is 0. The summed E-state index contributed by atoms with van der Waals surface area (Å²) in [6.45, 7) is 8.81. The van der Waals surface area contributed by atoms with Gasteiger partial charge in [0.25, 0.3) is 0 Å². The zero-order chi connectivity index (χ0) is 17.9. The van der Waals surface area contributed by atoms with Gasteiger partial charge < -0.3 is 5.32 Å². The minimum absolute atomic E-state index is 0.0613. The van der Waals surface area contributed by atoms with Gasteiger partial charge in [0.15, 0.2) is 0 Å². The molecule has 2 bridgehead atoms. The quantitative estimate of drug-likeness (QED) is 0.454. The van der Waals surface area contributed by atoms with Gasteiger partial charge in [-0.05, 0) is 41.9 Å². The molecule has 1 aromatic rings. The number of benzene rings is 1. The minimum atomic E-state index is -0.358. The molecule has 0 radical (unpaired) electrons. The van der Waals surface area contributed by atoms with E-state index in [0.29, 0.717) is 5.92 Å². The Morgan fingerprint density at radius 3 is 2.17 bits per heavy atom. The van der Waals surface area contributed by atoms with Crippen LogP contribution in [0.15, 0.2) is 24.3 Å². The average molecular weight is 522 g/mol. The second-order valence-corrected chi connectivity index (χ2v) is 12.0. The smallest absolute Gasteiger partial charge is 0.232 e. The Labute approximate surface area is 169 Å². The zero-order valence-electron chi connectivity index (χ0n) is 14.5. The van der Waals surface area contributed by atoms with Crippen molar-refractivity contribution in [3.8, 4) is 0 Å². The van der Waals surface area contributed by atoms with Gasteiger partial charge in [-0.15, -0.1) is 0 Å². The molecule has 0 saturated heterocycles. The van der Waals surface area contributed by atoms with E-state index in [2.05, 4.69) is 92.9 Å². The van der Waals surface area contributed by atoms with Crippen LogP contribution in [0.5, 0.6) is 0 Å². The number of alkyl halides is 3. The summed E-state index contributed by atoms with van der Waals surface area (Å²) in [5.41, 5.74) is 1.80. The number of hydrogen-bond acceptors (Lipinski definition) is 1. The van der Waals surface area contributed by atoms with Crippen LogP contribution in [0.1, 0.15) is 52.0 Å². The Balaban J connectivity index is 1.83. The van der Waals surface area contributed by atoms with E-state index in [-0.39, 0.29) is 30.7 Å². The molecule has 5 heteroatoms. The Hall–Kier alpha value is 0.130. The zero-order valence-corrected chi connectivity index (χ0v) is 19.3. The predicted octanol–water partition coefficient (Wildman–Crippen LogP) is 6.43. The van der Waals surface area contributed by atoms with E-state index in [1.807, 2.05) is 12.1 Å². The molecule has 3 aliphatic carbocycles. The molecule has 3 atom stereocenters. The summed E-state index contributed by atoms with van der Waals surface area (Å²) in [6.07, 6.45) is 1.95. The fraction of sp³-hybridized carbons (Fsp3) is 0.632. The van der Waals surface area contributed by atoms with Crippen LogP contribution in [0.3, 0.4) is 0 Å². The first-order valence-corrected chi connectivity index (χ1v) is 11.2. The van der Waals surface area contributed by atoms with Crippen LogP contribution in [-0.4, -0.2) is 14.5 Å². The number of hydrogen-bond donors (Lipinski definition) is 1. The molecule has 0 aliphatic heterocycles. The summed E-state index contributed by atoms with van der Waals surface area (Å²) in [6, 6.07) is 8.22. The number of nitrogens with one attached hydrogen (secondary N) is 1. The van der Waals surface area contributed by atoms with E-state index in [1.54, 1.807) is 0 Å². The SMILES string of the molecule is CC(C)c1ccc(NC(=O)C23CCC(C(Br)Br)(C2Br)C3(C)C)cc1. The second kappa shape index (κ2) is 6.09. The number of amides is 1. The highest BCUT2D eigenvalue weighted by Crippen LogP contribution is 2.82. The third-order valence-electron chi connectivity index (χ3n) is 6.73. The van der Waals surface area contributed by atoms with Crippen molar-refractivity contribution >= 4 is 59.4 Å². The molecule has 3 saturated carbocycles. The Kier molecular flexibility index (Phi) is 4.80. The van der Waals surface area contributed by atoms with Crippen LogP contribution >= 0.6 is 47.8 Å². The van der Waals surface area contributed by atoms with Crippen LogP contribution in [-0.2, 0) is 4.79 Å². The van der Waals surface area contributed by atoms with Gasteiger partial charge in [0.05, 0.1) is 9.15 Å². The van der Waals surface area contributed by atoms with Crippen molar-refractivity contribution in [1.82, 2.24) is 0 Å². The van der Waals surface area contributed by atoms with Gasteiger partial charge in [0, 0.05) is 15.9 Å². The summed E-state index contributed by atoms with van der Waals surface area (Å²) in [4.78, 5) is 13.4. The molecule has 0 spiro atoms. The molecular formula is C19H24Br3NO. The molecule has 3 fully saturated rings. The number of fused-ring (bicyclic) bond motifs is 1. The fourth-order valence-electron chi connectivity index (χ4n) is 4.89. The van der Waals surface area contributed by atoms with Crippen molar-refractivity contribution in [2.24, 2.45) is 16.2 Å². The van der Waals surface area contributed by atoms with E-state index in [4.69, 9.17) is 0 Å². The topological polar surface area (TPSA) is 29.1 Å². The number of rotatable bonds is 4. The molecule has 3 aliphatic rings. The number of anilines is 1. The largest absolute Gasteiger partial charge is 0.326 e. The molecule has 0 aromatic heterocycles. The molecular weight excluding hydrogens is 498 g/mol. The maximum Gasteiger partial charge on any atom is 0.232 e. The van der Waals surface area contributed by atoms with Gasteiger partial charge in [0.2, 0.25) is 5.91 Å². The van der Waals surface area contributed by atoms with Gasteiger partial charge in [-0.3, -0.25) is 4.79 Å². The summed E-state index contributed by atoms with van der Waals surface area (Å²) in [5, 5.41) is 3.17. The lowest BCUT2D eigenvalue weighted by Gasteiger charge is -2.66. The summed E-state index contributed by atoms with van der Waals surface area (Å²) >= 11 is 11.3. The third-order valence-corrected chi connectivity index (χ3v) is 9.96. The monoisotopic (exact) mass is 519 g/mol. The Morgan fingerprint density at radius 1 is 1.17 bits per heavy atom. The lowest BCUT2D eigenvalue weighted by atomic mass is 9.43. The Bertz CT molecular complexity index is 655. The fourth-order valence-corrected chi connectivity index (χ4v) is 9.81. The molecule has 1 N–H and O–H groups in total. The highest BCUT2D eigenvalue weighted by Gasteiger charge is 2.83. The maximum atomic E-state index is 13.2. The molecule has 0 heterocycles. The Morgan fingerprint density at radius 2 is 1.75 bits per heavy atom. The minimum Gasteiger partial charge on any atom is -0.326 e. The molecule has 4 rings (SSSR count). The van der Waals surface area contributed by atoms with Gasteiger partial charge in [-0.2, -0.15) is 0 Å². The summed E-state index contributed by atoms with van der Waals surface area (Å²) in [5.74, 6) is 0.636. The average Bonchev–Trinajstić information content (AvgIpc) is 2.97. The third kappa shape index (κ3) is 2.19. The van der Waals surface area contributed by atoms with Crippen molar-refractivity contribution in [2.75, 3.05) is 5.32 Å². The number of halogens is 3.